The summed E-state index contributed by atoms with van der Waals surface area (Å²) in [7, 11) is 0. The molecule has 2 N–H and O–H groups in total. The fraction of sp³-hybridized carbons (Fsp3) is 0.278. The SMILES string of the molecule is CCNCc1ccccc1NC(=O)CSCc1cccc(Cl)c1. The van der Waals surface area contributed by atoms with Gasteiger partial charge in [0, 0.05) is 23.0 Å². The van der Waals surface area contributed by atoms with Crippen molar-refractivity contribution in [2.24, 2.45) is 0 Å². The van der Waals surface area contributed by atoms with Crippen LogP contribution in [0.1, 0.15) is 18.1 Å². The second-order valence-corrected chi connectivity index (χ2v) is 6.53. The van der Waals surface area contributed by atoms with E-state index in [4.69, 9.17) is 11.6 Å². The highest BCUT2D eigenvalue weighted by molar-refractivity contribution is 7.99. The Bertz CT molecular complexity index is 648. The number of carbonyl (C=O) groups is 1. The molecule has 122 valence electrons. The molecule has 0 fully saturated rings. The van der Waals surface area contributed by atoms with Gasteiger partial charge in [-0.25, -0.2) is 0 Å². The smallest absolute Gasteiger partial charge is 0.234 e. The summed E-state index contributed by atoms with van der Waals surface area (Å²) in [6.45, 7) is 3.72. The lowest BCUT2D eigenvalue weighted by molar-refractivity contribution is -0.113. The third kappa shape index (κ3) is 6.26. The number of amides is 1. The Morgan fingerprint density at radius 3 is 2.78 bits per heavy atom. The summed E-state index contributed by atoms with van der Waals surface area (Å²) >= 11 is 7.54. The lowest BCUT2D eigenvalue weighted by Gasteiger charge is -2.11. The molecular formula is C18H21ClN2OS. The molecule has 0 heterocycles. The quantitative estimate of drug-likeness (QED) is 0.746. The number of anilines is 1. The largest absolute Gasteiger partial charge is 0.325 e. The van der Waals surface area contributed by atoms with E-state index in [1.165, 1.54) is 0 Å². The van der Waals surface area contributed by atoms with Gasteiger partial charge in [0.1, 0.15) is 0 Å². The van der Waals surface area contributed by atoms with Gasteiger partial charge in [0.25, 0.3) is 0 Å². The molecule has 0 saturated heterocycles. The third-order valence-corrected chi connectivity index (χ3v) is 4.49. The van der Waals surface area contributed by atoms with Crippen LogP contribution in [-0.2, 0) is 17.1 Å². The van der Waals surface area contributed by atoms with Gasteiger partial charge in [-0.05, 0) is 35.9 Å². The Morgan fingerprint density at radius 2 is 2.00 bits per heavy atom. The van der Waals surface area contributed by atoms with Gasteiger partial charge in [-0.1, -0.05) is 48.9 Å². The molecule has 0 bridgehead atoms. The van der Waals surface area contributed by atoms with Gasteiger partial charge < -0.3 is 10.6 Å². The van der Waals surface area contributed by atoms with Gasteiger partial charge in [-0.15, -0.1) is 11.8 Å². The van der Waals surface area contributed by atoms with Crippen LogP contribution in [0.4, 0.5) is 5.69 Å². The molecule has 0 aliphatic carbocycles. The van der Waals surface area contributed by atoms with E-state index in [9.17, 15) is 4.79 Å². The molecule has 23 heavy (non-hydrogen) atoms. The molecule has 0 radical (unpaired) electrons. The lowest BCUT2D eigenvalue weighted by atomic mass is 10.1. The third-order valence-electron chi connectivity index (χ3n) is 3.25. The minimum atomic E-state index is 0.0148. The van der Waals surface area contributed by atoms with E-state index in [0.29, 0.717) is 5.75 Å². The summed E-state index contributed by atoms with van der Waals surface area (Å²) in [5.74, 6) is 1.20. The van der Waals surface area contributed by atoms with Crippen molar-refractivity contribution in [3.63, 3.8) is 0 Å². The topological polar surface area (TPSA) is 41.1 Å². The summed E-state index contributed by atoms with van der Waals surface area (Å²) in [6, 6.07) is 15.6. The average Bonchev–Trinajstić information content (AvgIpc) is 2.54. The van der Waals surface area contributed by atoms with Crippen LogP contribution in [0.2, 0.25) is 5.02 Å². The predicted molar refractivity (Wildman–Crippen MR) is 100 cm³/mol. The molecule has 0 unspecified atom stereocenters. The highest BCUT2D eigenvalue weighted by Gasteiger charge is 2.06. The van der Waals surface area contributed by atoms with Crippen molar-refractivity contribution < 1.29 is 4.79 Å². The maximum atomic E-state index is 12.1. The molecule has 5 heteroatoms. The van der Waals surface area contributed by atoms with E-state index in [2.05, 4.69) is 17.6 Å². The fourth-order valence-corrected chi connectivity index (χ4v) is 3.12. The van der Waals surface area contributed by atoms with Crippen molar-refractivity contribution in [1.29, 1.82) is 0 Å². The number of rotatable bonds is 8. The molecule has 0 aromatic heterocycles. The van der Waals surface area contributed by atoms with Crippen LogP contribution < -0.4 is 10.6 Å². The molecule has 1 amide bonds. The van der Waals surface area contributed by atoms with Gasteiger partial charge in [-0.2, -0.15) is 0 Å². The molecule has 2 rings (SSSR count). The second kappa shape index (κ2) is 9.60. The van der Waals surface area contributed by atoms with Crippen LogP contribution in [0.3, 0.4) is 0 Å². The van der Waals surface area contributed by atoms with E-state index in [1.807, 2.05) is 48.5 Å². The van der Waals surface area contributed by atoms with E-state index >= 15 is 0 Å². The van der Waals surface area contributed by atoms with Crippen molar-refractivity contribution in [3.8, 4) is 0 Å². The van der Waals surface area contributed by atoms with Crippen molar-refractivity contribution in [2.45, 2.75) is 19.2 Å². The molecule has 3 nitrogen and oxygen atoms in total. The van der Waals surface area contributed by atoms with E-state index in [0.717, 1.165) is 40.7 Å². The Balaban J connectivity index is 1.83. The monoisotopic (exact) mass is 348 g/mol. The van der Waals surface area contributed by atoms with Crippen molar-refractivity contribution in [2.75, 3.05) is 17.6 Å². The summed E-state index contributed by atoms with van der Waals surface area (Å²) in [4.78, 5) is 12.1. The molecule has 0 aliphatic heterocycles. The Hall–Kier alpha value is -1.49. The van der Waals surface area contributed by atoms with Crippen LogP contribution in [0.25, 0.3) is 0 Å². The summed E-state index contributed by atoms with van der Waals surface area (Å²) in [5, 5.41) is 7.00. The first-order chi connectivity index (χ1) is 11.2. The molecular weight excluding hydrogens is 328 g/mol. The molecule has 0 saturated carbocycles. The number of hydrogen-bond acceptors (Lipinski definition) is 3. The number of hydrogen-bond donors (Lipinski definition) is 2. The van der Waals surface area contributed by atoms with Crippen LogP contribution in [0, 0.1) is 0 Å². The number of thioether (sulfide) groups is 1. The minimum Gasteiger partial charge on any atom is -0.325 e. The molecule has 2 aromatic carbocycles. The maximum Gasteiger partial charge on any atom is 0.234 e. The first-order valence-corrected chi connectivity index (χ1v) is 9.13. The average molecular weight is 349 g/mol. The zero-order valence-electron chi connectivity index (χ0n) is 13.1. The van der Waals surface area contributed by atoms with E-state index in [1.54, 1.807) is 11.8 Å². The van der Waals surface area contributed by atoms with Crippen molar-refractivity contribution in [1.82, 2.24) is 5.32 Å². The highest BCUT2D eigenvalue weighted by Crippen LogP contribution is 2.18. The van der Waals surface area contributed by atoms with Crippen LogP contribution >= 0.6 is 23.4 Å². The summed E-state index contributed by atoms with van der Waals surface area (Å²) in [6.07, 6.45) is 0. The van der Waals surface area contributed by atoms with Crippen LogP contribution in [0.15, 0.2) is 48.5 Å². The maximum absolute atomic E-state index is 12.1. The zero-order chi connectivity index (χ0) is 16.5. The van der Waals surface area contributed by atoms with Gasteiger partial charge in [0.2, 0.25) is 5.91 Å². The van der Waals surface area contributed by atoms with E-state index in [-0.39, 0.29) is 5.91 Å². The zero-order valence-corrected chi connectivity index (χ0v) is 14.7. The van der Waals surface area contributed by atoms with Gasteiger partial charge in [-0.3, -0.25) is 4.79 Å². The highest BCUT2D eigenvalue weighted by atomic mass is 35.5. The Kier molecular flexibility index (Phi) is 7.46. The predicted octanol–water partition coefficient (Wildman–Crippen LogP) is 4.32. The fourth-order valence-electron chi connectivity index (χ4n) is 2.13. The number of para-hydroxylation sites is 1. The molecule has 2 aromatic rings. The van der Waals surface area contributed by atoms with Crippen LogP contribution in [-0.4, -0.2) is 18.2 Å². The number of carbonyl (C=O) groups excluding carboxylic acids is 1. The van der Waals surface area contributed by atoms with Gasteiger partial charge >= 0.3 is 0 Å². The van der Waals surface area contributed by atoms with Gasteiger partial charge in [0.05, 0.1) is 5.75 Å². The van der Waals surface area contributed by atoms with E-state index < -0.39 is 0 Å². The van der Waals surface area contributed by atoms with Crippen molar-refractivity contribution >= 4 is 35.0 Å². The molecule has 0 atom stereocenters. The summed E-state index contributed by atoms with van der Waals surface area (Å²) < 4.78 is 0. The Morgan fingerprint density at radius 1 is 1.17 bits per heavy atom. The Labute approximate surface area is 146 Å². The van der Waals surface area contributed by atoms with Crippen molar-refractivity contribution in [3.05, 3.63) is 64.7 Å². The lowest BCUT2D eigenvalue weighted by Crippen LogP contribution is -2.18. The first kappa shape index (κ1) is 17.9. The number of nitrogens with one attached hydrogen (secondary N) is 2. The normalized spacial score (nSPS) is 10.5. The first-order valence-electron chi connectivity index (χ1n) is 7.59. The number of halogens is 1. The van der Waals surface area contributed by atoms with Gasteiger partial charge in [0.15, 0.2) is 0 Å². The molecule has 0 aliphatic rings. The summed E-state index contributed by atoms with van der Waals surface area (Å²) in [5.41, 5.74) is 3.10. The standard InChI is InChI=1S/C18H21ClN2OS/c1-2-20-11-15-7-3-4-9-17(15)21-18(22)13-23-12-14-6-5-8-16(19)10-14/h3-10,20H,2,11-13H2,1H3,(H,21,22). The van der Waals surface area contributed by atoms with Crippen LogP contribution in [0.5, 0.6) is 0 Å². The second-order valence-electron chi connectivity index (χ2n) is 5.11. The number of benzene rings is 2. The minimum absolute atomic E-state index is 0.0148. The molecule has 0 spiro atoms.